The number of carbonyl (C=O) groups excluding carboxylic acids is 3. The summed E-state index contributed by atoms with van der Waals surface area (Å²) in [5.41, 5.74) is -0.369. The number of nitrogens with one attached hydrogen (secondary N) is 2. The molecule has 0 spiro atoms. The summed E-state index contributed by atoms with van der Waals surface area (Å²) in [7, 11) is 1.13. The molecule has 1 aromatic heterocycles. The number of hydrogen-bond acceptors (Lipinski definition) is 8. The lowest BCUT2D eigenvalue weighted by atomic mass is 9.89. The first kappa shape index (κ1) is 27.3. The number of hydrogen-bond donors (Lipinski definition) is 2. The van der Waals surface area contributed by atoms with Gasteiger partial charge in [-0.15, -0.1) is 0 Å². The Labute approximate surface area is 219 Å². The average Bonchev–Trinajstić information content (AvgIpc) is 2.94. The lowest BCUT2D eigenvalue weighted by Crippen LogP contribution is -2.68. The quantitative estimate of drug-likeness (QED) is 0.591. The van der Waals surface area contributed by atoms with E-state index in [0.29, 0.717) is 25.9 Å². The number of imide groups is 1. The minimum absolute atomic E-state index is 0.0449. The molecule has 2 amide bonds. The second-order valence-corrected chi connectivity index (χ2v) is 9.49. The molecular weight excluding hydrogens is 496 g/mol. The van der Waals surface area contributed by atoms with Crippen molar-refractivity contribution in [3.05, 3.63) is 77.3 Å². The van der Waals surface area contributed by atoms with Crippen molar-refractivity contribution in [1.29, 1.82) is 0 Å². The minimum atomic E-state index is -1.66. The molecule has 2 unspecified atom stereocenters. The number of rotatable bonds is 6. The third-order valence-corrected chi connectivity index (χ3v) is 7.38. The van der Waals surface area contributed by atoms with E-state index in [1.807, 2.05) is 18.2 Å². The topological polar surface area (TPSA) is 104 Å². The molecule has 2 aromatic rings. The maximum Gasteiger partial charge on any atom is 0.418 e. The highest BCUT2D eigenvalue weighted by molar-refractivity contribution is 6.07. The van der Waals surface area contributed by atoms with Gasteiger partial charge in [-0.25, -0.2) is 18.5 Å². The summed E-state index contributed by atoms with van der Waals surface area (Å²) in [6.07, 6.45) is 3.49. The molecule has 2 N–H and O–H groups in total. The molecule has 0 aliphatic carbocycles. The van der Waals surface area contributed by atoms with Crippen LogP contribution in [0.15, 0.2) is 54.4 Å². The Morgan fingerprint density at radius 3 is 2.47 bits per heavy atom. The number of aromatic nitrogens is 1. The van der Waals surface area contributed by atoms with Crippen molar-refractivity contribution in [2.24, 2.45) is 0 Å². The molecule has 1 aromatic carbocycles. The van der Waals surface area contributed by atoms with Gasteiger partial charge in [0.25, 0.3) is 5.91 Å². The average molecular weight is 528 g/mol. The van der Waals surface area contributed by atoms with Gasteiger partial charge < -0.3 is 10.1 Å². The summed E-state index contributed by atoms with van der Waals surface area (Å²) >= 11 is 0. The molecule has 3 heterocycles. The predicted molar refractivity (Wildman–Crippen MR) is 134 cm³/mol. The molecule has 1 fully saturated rings. The Balaban J connectivity index is 1.66. The van der Waals surface area contributed by atoms with Gasteiger partial charge in [0.1, 0.15) is 0 Å². The zero-order chi connectivity index (χ0) is 27.4. The maximum absolute atomic E-state index is 14.0. The fraction of sp³-hybridized carbons (Fsp3) is 0.407. The van der Waals surface area contributed by atoms with Crippen molar-refractivity contribution in [2.45, 2.75) is 44.3 Å². The van der Waals surface area contributed by atoms with E-state index >= 15 is 0 Å². The Hall–Kier alpha value is -3.70. The van der Waals surface area contributed by atoms with Crippen LogP contribution in [-0.2, 0) is 14.3 Å². The van der Waals surface area contributed by atoms with Crippen LogP contribution in [0.1, 0.15) is 49.9 Å². The Kier molecular flexibility index (Phi) is 8.17. The molecule has 38 heavy (non-hydrogen) atoms. The van der Waals surface area contributed by atoms with Gasteiger partial charge in [0, 0.05) is 37.1 Å². The molecule has 2 aliphatic heterocycles. The lowest BCUT2D eigenvalue weighted by Gasteiger charge is -2.48. The Morgan fingerprint density at radius 2 is 1.87 bits per heavy atom. The summed E-state index contributed by atoms with van der Waals surface area (Å²) in [5.74, 6) is -3.12. The van der Waals surface area contributed by atoms with Crippen LogP contribution in [0.25, 0.3) is 0 Å². The summed E-state index contributed by atoms with van der Waals surface area (Å²) in [4.78, 5) is 47.4. The van der Waals surface area contributed by atoms with Gasteiger partial charge in [0.05, 0.1) is 25.4 Å². The van der Waals surface area contributed by atoms with Gasteiger partial charge in [-0.2, -0.15) is 0 Å². The lowest BCUT2D eigenvalue weighted by molar-refractivity contribution is -0.153. The fourth-order valence-electron chi connectivity index (χ4n) is 5.12. The number of nitrogens with zero attached hydrogens (tertiary/aromatic N) is 3. The van der Waals surface area contributed by atoms with Crippen molar-refractivity contribution in [3.63, 3.8) is 0 Å². The van der Waals surface area contributed by atoms with Crippen molar-refractivity contribution < 1.29 is 27.9 Å². The molecule has 202 valence electrons. The molecule has 1 saturated heterocycles. The number of ketones is 1. The maximum atomic E-state index is 14.0. The van der Waals surface area contributed by atoms with Gasteiger partial charge >= 0.3 is 6.09 Å². The molecule has 2 aliphatic rings. The second-order valence-electron chi connectivity index (χ2n) is 9.49. The van der Waals surface area contributed by atoms with E-state index in [4.69, 9.17) is 4.74 Å². The van der Waals surface area contributed by atoms with E-state index in [1.54, 1.807) is 11.1 Å². The first-order chi connectivity index (χ1) is 18.2. The van der Waals surface area contributed by atoms with Crippen LogP contribution in [0.4, 0.5) is 13.6 Å². The van der Waals surface area contributed by atoms with Crippen molar-refractivity contribution >= 4 is 17.8 Å². The van der Waals surface area contributed by atoms with Gasteiger partial charge in [-0.05, 0) is 56.5 Å². The van der Waals surface area contributed by atoms with E-state index in [-0.39, 0.29) is 23.7 Å². The number of piperidine rings is 1. The van der Waals surface area contributed by atoms with E-state index in [9.17, 15) is 23.2 Å². The number of amides is 2. The number of pyridine rings is 1. The van der Waals surface area contributed by atoms with Gasteiger partial charge in [0.2, 0.25) is 0 Å². The number of ether oxygens (including phenoxy) is 1. The van der Waals surface area contributed by atoms with E-state index in [1.165, 1.54) is 26.1 Å². The molecule has 2 atom stereocenters. The number of carbonyl (C=O) groups is 3. The summed E-state index contributed by atoms with van der Waals surface area (Å²) in [6, 6.07) is 8.20. The fourth-order valence-corrected chi connectivity index (χ4v) is 5.12. The standard InChI is InChI=1S/C27H31F2N5O4/c1-17(35)27(2,33-12-9-18(10-13-33)23-6-4-5-11-31-23)34(26(37)38-3)25(36)20-15-30-16-32-24(20)19-7-8-21(28)22(29)14-19/h4-8,11,14-15,18,24,30,32H,9-10,12-13,16H2,1-3H3. The van der Waals surface area contributed by atoms with Crippen LogP contribution >= 0.6 is 0 Å². The number of benzene rings is 1. The second kappa shape index (κ2) is 11.4. The van der Waals surface area contributed by atoms with Crippen LogP contribution in [0.2, 0.25) is 0 Å². The first-order valence-electron chi connectivity index (χ1n) is 12.4. The Morgan fingerprint density at radius 1 is 1.13 bits per heavy atom. The van der Waals surface area contributed by atoms with E-state index < -0.39 is 41.1 Å². The minimum Gasteiger partial charge on any atom is -0.452 e. The van der Waals surface area contributed by atoms with Crippen LogP contribution in [0, 0.1) is 11.6 Å². The molecule has 11 heteroatoms. The van der Waals surface area contributed by atoms with Gasteiger partial charge in [0.15, 0.2) is 23.1 Å². The van der Waals surface area contributed by atoms with Crippen molar-refractivity contribution in [3.8, 4) is 0 Å². The number of likely N-dealkylation sites (tertiary alicyclic amines) is 1. The summed E-state index contributed by atoms with van der Waals surface area (Å²) < 4.78 is 32.6. The highest BCUT2D eigenvalue weighted by atomic mass is 19.2. The number of halogens is 2. The number of Topliss-reactive ketones (excluding diaryl/α,β-unsaturated/α-hetero) is 1. The number of methoxy groups -OCH3 is 1. The van der Waals surface area contributed by atoms with Crippen molar-refractivity contribution in [1.82, 2.24) is 25.4 Å². The highest BCUT2D eigenvalue weighted by Gasteiger charge is 2.51. The largest absolute Gasteiger partial charge is 0.452 e. The smallest absolute Gasteiger partial charge is 0.418 e. The SMILES string of the molecule is COC(=O)N(C(=O)C1=CNCNC1c1ccc(F)c(F)c1)C(C)(C(C)=O)N1CCC(c2ccccn2)CC1. The molecule has 0 bridgehead atoms. The van der Waals surface area contributed by atoms with E-state index in [0.717, 1.165) is 29.8 Å². The molecule has 9 nitrogen and oxygen atoms in total. The summed E-state index contributed by atoms with van der Waals surface area (Å²) in [6.45, 7) is 3.96. The third-order valence-electron chi connectivity index (χ3n) is 7.38. The molecular formula is C27H31F2N5O4. The molecule has 4 rings (SSSR count). The van der Waals surface area contributed by atoms with Crippen LogP contribution in [0.5, 0.6) is 0 Å². The summed E-state index contributed by atoms with van der Waals surface area (Å²) in [5, 5.41) is 5.93. The molecule has 0 radical (unpaired) electrons. The van der Waals surface area contributed by atoms with Gasteiger partial charge in [-0.1, -0.05) is 12.1 Å². The predicted octanol–water partition coefficient (Wildman–Crippen LogP) is 3.21. The Bertz CT molecular complexity index is 1230. The normalized spacial score (nSPS) is 20.0. The monoisotopic (exact) mass is 527 g/mol. The zero-order valence-electron chi connectivity index (χ0n) is 21.5. The van der Waals surface area contributed by atoms with Crippen LogP contribution in [-0.4, -0.2) is 65.1 Å². The highest BCUT2D eigenvalue weighted by Crippen LogP contribution is 2.35. The first-order valence-corrected chi connectivity index (χ1v) is 12.4. The zero-order valence-corrected chi connectivity index (χ0v) is 21.5. The molecule has 0 saturated carbocycles. The van der Waals surface area contributed by atoms with Crippen molar-refractivity contribution in [2.75, 3.05) is 26.9 Å². The van der Waals surface area contributed by atoms with Crippen LogP contribution in [0.3, 0.4) is 0 Å². The van der Waals surface area contributed by atoms with E-state index in [2.05, 4.69) is 15.6 Å². The van der Waals surface area contributed by atoms with Crippen LogP contribution < -0.4 is 10.6 Å². The van der Waals surface area contributed by atoms with Gasteiger partial charge in [-0.3, -0.25) is 24.8 Å². The third kappa shape index (κ3) is 5.16.